The van der Waals surface area contributed by atoms with Crippen molar-refractivity contribution in [1.82, 2.24) is 14.5 Å². The highest BCUT2D eigenvalue weighted by atomic mass is 32.2. The molecule has 1 atom stereocenters. The summed E-state index contributed by atoms with van der Waals surface area (Å²) >= 11 is 1.62. The Kier molecular flexibility index (Phi) is 6.37. The Morgan fingerprint density at radius 3 is 2.52 bits per heavy atom. The van der Waals surface area contributed by atoms with Crippen molar-refractivity contribution in [3.05, 3.63) is 67.1 Å². The van der Waals surface area contributed by atoms with Crippen molar-refractivity contribution in [2.24, 2.45) is 0 Å². The third-order valence-electron chi connectivity index (χ3n) is 4.95. The van der Waals surface area contributed by atoms with E-state index in [4.69, 9.17) is 4.74 Å². The normalized spacial score (nSPS) is 12.1. The molecular formula is C25H25N3O2S. The number of ketones is 1. The Bertz CT molecular complexity index is 1190. The molecule has 4 rings (SSSR count). The van der Waals surface area contributed by atoms with Crippen LogP contribution in [0.15, 0.2) is 72.1 Å². The van der Waals surface area contributed by atoms with Crippen LogP contribution in [0.25, 0.3) is 27.8 Å². The van der Waals surface area contributed by atoms with Gasteiger partial charge in [0.2, 0.25) is 0 Å². The number of hydrogen-bond donors (Lipinski definition) is 0. The fraction of sp³-hybridized carbons (Fsp3) is 0.240. The van der Waals surface area contributed by atoms with Gasteiger partial charge in [-0.15, -0.1) is 11.8 Å². The monoisotopic (exact) mass is 431 g/mol. The molecule has 0 saturated heterocycles. The number of carbonyl (C=O) groups is 1. The summed E-state index contributed by atoms with van der Waals surface area (Å²) in [5.74, 6) is 1.02. The van der Waals surface area contributed by atoms with Gasteiger partial charge in [0, 0.05) is 29.1 Å². The lowest BCUT2D eigenvalue weighted by atomic mass is 10.1. The second-order valence-electron chi connectivity index (χ2n) is 7.42. The molecule has 0 unspecified atom stereocenters. The molecule has 31 heavy (non-hydrogen) atoms. The predicted octanol–water partition coefficient (Wildman–Crippen LogP) is 5.95. The summed E-state index contributed by atoms with van der Waals surface area (Å²) in [4.78, 5) is 20.8. The summed E-state index contributed by atoms with van der Waals surface area (Å²) in [6.45, 7) is 6.30. The van der Waals surface area contributed by atoms with Gasteiger partial charge in [-0.2, -0.15) is 0 Å². The topological polar surface area (TPSA) is 57.0 Å². The zero-order valence-corrected chi connectivity index (χ0v) is 18.7. The summed E-state index contributed by atoms with van der Waals surface area (Å²) in [6.07, 6.45) is 4.23. The summed E-state index contributed by atoms with van der Waals surface area (Å²) in [6, 6.07) is 18.3. The summed E-state index contributed by atoms with van der Waals surface area (Å²) in [5.41, 5.74) is 4.02. The molecule has 0 N–H and O–H groups in total. The molecule has 0 bridgehead atoms. The van der Waals surface area contributed by atoms with Crippen molar-refractivity contribution >= 4 is 28.6 Å². The number of aromatic nitrogens is 3. The van der Waals surface area contributed by atoms with Gasteiger partial charge in [0.15, 0.2) is 0 Å². The molecule has 158 valence electrons. The summed E-state index contributed by atoms with van der Waals surface area (Å²) in [5, 5.41) is 2.03. The maximum absolute atomic E-state index is 11.6. The highest BCUT2D eigenvalue weighted by molar-refractivity contribution is 8.00. The van der Waals surface area contributed by atoms with E-state index in [0.717, 1.165) is 38.6 Å². The first-order valence-electron chi connectivity index (χ1n) is 10.4. The fourth-order valence-electron chi connectivity index (χ4n) is 3.66. The third kappa shape index (κ3) is 4.64. The van der Waals surface area contributed by atoms with Crippen LogP contribution in [0.3, 0.4) is 0 Å². The molecule has 2 heterocycles. The predicted molar refractivity (Wildman–Crippen MR) is 126 cm³/mol. The van der Waals surface area contributed by atoms with Crippen LogP contribution in [0.1, 0.15) is 27.2 Å². The smallest absolute Gasteiger partial charge is 0.149 e. The Labute approximate surface area is 186 Å². The average molecular weight is 432 g/mol. The van der Waals surface area contributed by atoms with Gasteiger partial charge in [-0.25, -0.2) is 9.97 Å². The SMILES string of the molecule is CCOc1ccc(-n2cc(-c3ccccc3)c3c(S[C@H](C)CC(C)=O)ncnc32)cc1. The molecular weight excluding hydrogens is 406 g/mol. The Morgan fingerprint density at radius 1 is 1.10 bits per heavy atom. The van der Waals surface area contributed by atoms with Gasteiger partial charge in [-0.05, 0) is 43.7 Å². The second-order valence-corrected chi connectivity index (χ2v) is 8.84. The molecule has 0 amide bonds. The number of fused-ring (bicyclic) bond motifs is 1. The van der Waals surface area contributed by atoms with Gasteiger partial charge in [0.1, 0.15) is 28.5 Å². The van der Waals surface area contributed by atoms with Crippen molar-refractivity contribution in [2.75, 3.05) is 6.61 Å². The Hall–Kier alpha value is -3.12. The zero-order chi connectivity index (χ0) is 21.8. The van der Waals surface area contributed by atoms with Crippen LogP contribution in [-0.4, -0.2) is 32.2 Å². The number of Topliss-reactive ketones (excluding diaryl/α,β-unsaturated/α-hetero) is 1. The van der Waals surface area contributed by atoms with Crippen molar-refractivity contribution in [3.8, 4) is 22.6 Å². The maximum atomic E-state index is 11.6. The second kappa shape index (κ2) is 9.35. The minimum absolute atomic E-state index is 0.132. The molecule has 5 nitrogen and oxygen atoms in total. The highest BCUT2D eigenvalue weighted by Gasteiger charge is 2.19. The van der Waals surface area contributed by atoms with E-state index in [2.05, 4.69) is 39.8 Å². The maximum Gasteiger partial charge on any atom is 0.149 e. The van der Waals surface area contributed by atoms with E-state index in [1.54, 1.807) is 25.0 Å². The molecule has 0 fully saturated rings. The molecule has 0 aliphatic heterocycles. The molecule has 0 spiro atoms. The number of thioether (sulfide) groups is 1. The minimum Gasteiger partial charge on any atom is -0.494 e. The van der Waals surface area contributed by atoms with E-state index in [9.17, 15) is 4.79 Å². The molecule has 0 saturated carbocycles. The van der Waals surface area contributed by atoms with Crippen LogP contribution < -0.4 is 4.74 Å². The summed E-state index contributed by atoms with van der Waals surface area (Å²) in [7, 11) is 0. The van der Waals surface area contributed by atoms with E-state index in [0.29, 0.717) is 13.0 Å². The van der Waals surface area contributed by atoms with Gasteiger partial charge >= 0.3 is 0 Å². The highest BCUT2D eigenvalue weighted by Crippen LogP contribution is 2.38. The minimum atomic E-state index is 0.132. The van der Waals surface area contributed by atoms with Crippen molar-refractivity contribution in [1.29, 1.82) is 0 Å². The van der Waals surface area contributed by atoms with Gasteiger partial charge in [-0.1, -0.05) is 37.3 Å². The molecule has 0 radical (unpaired) electrons. The van der Waals surface area contributed by atoms with E-state index >= 15 is 0 Å². The fourth-order valence-corrected chi connectivity index (χ4v) is 4.79. The number of benzene rings is 2. The molecule has 2 aromatic heterocycles. The molecule has 0 aliphatic rings. The Balaban J connectivity index is 1.86. The summed E-state index contributed by atoms with van der Waals surface area (Å²) < 4.78 is 7.68. The lowest BCUT2D eigenvalue weighted by Gasteiger charge is -2.10. The first-order chi connectivity index (χ1) is 15.1. The van der Waals surface area contributed by atoms with E-state index < -0.39 is 0 Å². The number of hydrogen-bond acceptors (Lipinski definition) is 5. The number of rotatable bonds is 8. The lowest BCUT2D eigenvalue weighted by Crippen LogP contribution is -2.04. The van der Waals surface area contributed by atoms with Crippen molar-refractivity contribution in [2.45, 2.75) is 37.5 Å². The van der Waals surface area contributed by atoms with Gasteiger partial charge in [0.05, 0.1) is 12.0 Å². The van der Waals surface area contributed by atoms with Crippen LogP contribution in [-0.2, 0) is 4.79 Å². The van der Waals surface area contributed by atoms with E-state index in [-0.39, 0.29) is 11.0 Å². The van der Waals surface area contributed by atoms with Crippen LogP contribution in [0.5, 0.6) is 5.75 Å². The van der Waals surface area contributed by atoms with Crippen LogP contribution in [0.4, 0.5) is 0 Å². The standard InChI is InChI=1S/C25H25N3O2S/c1-4-30-21-12-10-20(11-13-21)28-15-22(19-8-6-5-7-9-19)23-24(28)26-16-27-25(23)31-18(3)14-17(2)29/h5-13,15-16,18H,4,14H2,1-3H3/t18-/m1/s1. The lowest BCUT2D eigenvalue weighted by molar-refractivity contribution is -0.116. The first-order valence-corrected chi connectivity index (χ1v) is 11.3. The van der Waals surface area contributed by atoms with Gasteiger partial charge in [-0.3, -0.25) is 4.79 Å². The number of carbonyl (C=O) groups excluding carboxylic acids is 1. The van der Waals surface area contributed by atoms with Crippen molar-refractivity contribution in [3.63, 3.8) is 0 Å². The Morgan fingerprint density at radius 2 is 1.84 bits per heavy atom. The van der Waals surface area contributed by atoms with Crippen LogP contribution >= 0.6 is 11.8 Å². The quantitative estimate of drug-likeness (QED) is 0.255. The van der Waals surface area contributed by atoms with Crippen LogP contribution in [0.2, 0.25) is 0 Å². The zero-order valence-electron chi connectivity index (χ0n) is 17.9. The number of nitrogens with zero attached hydrogens (tertiary/aromatic N) is 3. The largest absolute Gasteiger partial charge is 0.494 e. The molecule has 2 aromatic carbocycles. The first kappa shape index (κ1) is 21.1. The number of ether oxygens (including phenoxy) is 1. The third-order valence-corrected chi connectivity index (χ3v) is 6.05. The molecule has 4 aromatic rings. The van der Waals surface area contributed by atoms with E-state index in [1.807, 2.05) is 49.4 Å². The van der Waals surface area contributed by atoms with Gasteiger partial charge in [0.25, 0.3) is 0 Å². The van der Waals surface area contributed by atoms with Crippen molar-refractivity contribution < 1.29 is 9.53 Å². The average Bonchev–Trinajstić information content (AvgIpc) is 3.15. The van der Waals surface area contributed by atoms with Gasteiger partial charge < -0.3 is 9.30 Å². The molecule has 6 heteroatoms. The van der Waals surface area contributed by atoms with Crippen LogP contribution in [0, 0.1) is 0 Å². The molecule has 0 aliphatic carbocycles. The van der Waals surface area contributed by atoms with E-state index in [1.165, 1.54) is 0 Å².